The zero-order chi connectivity index (χ0) is 39.6. The molecular weight excluding hydrogens is 731 g/mol. The van der Waals surface area contributed by atoms with Crippen LogP contribution in [-0.4, -0.2) is 24.1 Å². The van der Waals surface area contributed by atoms with Crippen molar-refractivity contribution in [3.8, 4) is 56.7 Å². The number of hydrogen-bond acceptors (Lipinski definition) is 3. The van der Waals surface area contributed by atoms with Crippen LogP contribution in [0.1, 0.15) is 0 Å². The van der Waals surface area contributed by atoms with Crippen LogP contribution in [-0.2, 0) is 0 Å². The first-order valence-corrected chi connectivity index (χ1v) is 20.3. The number of para-hydroxylation sites is 2. The molecule has 9 aromatic carbocycles. The lowest BCUT2D eigenvalue weighted by molar-refractivity contribution is 1.07. The van der Waals surface area contributed by atoms with Crippen LogP contribution in [0.15, 0.2) is 212 Å². The molecule has 0 aliphatic rings. The van der Waals surface area contributed by atoms with Crippen molar-refractivity contribution in [1.82, 2.24) is 24.1 Å². The Labute approximate surface area is 346 Å². The van der Waals surface area contributed by atoms with E-state index in [0.29, 0.717) is 17.5 Å². The summed E-state index contributed by atoms with van der Waals surface area (Å²) in [4.78, 5) is 15.4. The van der Waals surface area contributed by atoms with Gasteiger partial charge in [0.25, 0.3) is 0 Å². The zero-order valence-electron chi connectivity index (χ0n) is 32.4. The summed E-state index contributed by atoms with van der Waals surface area (Å²) in [5.41, 5.74) is 11.9. The number of aromatic nitrogens is 5. The van der Waals surface area contributed by atoms with Crippen LogP contribution in [0.5, 0.6) is 0 Å². The van der Waals surface area contributed by atoms with E-state index in [1.807, 2.05) is 36.4 Å². The summed E-state index contributed by atoms with van der Waals surface area (Å²) < 4.78 is 4.84. The molecule has 0 fully saturated rings. The van der Waals surface area contributed by atoms with Gasteiger partial charge in [0.2, 0.25) is 0 Å². The SMILES string of the molecule is c1ccc(-c2cccc(-n3c4ccccc4c4cc5c6ccccc6n(-c6cc(-c7nc(-c8ccccc8)nc(-c8ccccc8)n7)c7ccccc7c6)c5cc43)c2)cc1. The topological polar surface area (TPSA) is 48.5 Å². The van der Waals surface area contributed by atoms with Crippen LogP contribution >= 0.6 is 0 Å². The van der Waals surface area contributed by atoms with Gasteiger partial charge >= 0.3 is 0 Å². The molecule has 0 aliphatic carbocycles. The molecule has 0 saturated heterocycles. The van der Waals surface area contributed by atoms with Crippen molar-refractivity contribution in [3.05, 3.63) is 212 Å². The molecule has 0 unspecified atom stereocenters. The van der Waals surface area contributed by atoms with Crippen LogP contribution < -0.4 is 0 Å². The molecule has 3 heterocycles. The molecule has 12 aromatic rings. The molecule has 0 N–H and O–H groups in total. The Morgan fingerprint density at radius 2 is 0.750 bits per heavy atom. The first-order chi connectivity index (χ1) is 29.7. The Morgan fingerprint density at radius 3 is 1.37 bits per heavy atom. The van der Waals surface area contributed by atoms with E-state index in [0.717, 1.165) is 55.4 Å². The molecule has 5 nitrogen and oxygen atoms in total. The molecule has 12 rings (SSSR count). The van der Waals surface area contributed by atoms with Crippen LogP contribution in [0.25, 0.3) is 111 Å². The predicted octanol–water partition coefficient (Wildman–Crippen LogP) is 13.9. The van der Waals surface area contributed by atoms with E-state index < -0.39 is 0 Å². The van der Waals surface area contributed by atoms with Crippen LogP contribution in [0.4, 0.5) is 0 Å². The summed E-state index contributed by atoms with van der Waals surface area (Å²) in [7, 11) is 0. The van der Waals surface area contributed by atoms with Crippen molar-refractivity contribution in [3.63, 3.8) is 0 Å². The van der Waals surface area contributed by atoms with Crippen molar-refractivity contribution < 1.29 is 0 Å². The Kier molecular flexibility index (Phi) is 7.78. The summed E-state index contributed by atoms with van der Waals surface area (Å²) in [5.74, 6) is 1.90. The normalized spacial score (nSPS) is 11.7. The molecule has 280 valence electrons. The lowest BCUT2D eigenvalue weighted by atomic mass is 10.0. The summed E-state index contributed by atoms with van der Waals surface area (Å²) in [5, 5.41) is 7.02. The Balaban J connectivity index is 1.14. The van der Waals surface area contributed by atoms with Crippen molar-refractivity contribution in [2.24, 2.45) is 0 Å². The van der Waals surface area contributed by atoms with E-state index >= 15 is 0 Å². The summed E-state index contributed by atoms with van der Waals surface area (Å²) in [6.07, 6.45) is 0. The molecule has 0 amide bonds. The maximum atomic E-state index is 5.20. The monoisotopic (exact) mass is 765 g/mol. The van der Waals surface area contributed by atoms with Crippen molar-refractivity contribution in [2.45, 2.75) is 0 Å². The Morgan fingerprint density at radius 1 is 0.267 bits per heavy atom. The van der Waals surface area contributed by atoms with Crippen molar-refractivity contribution in [2.75, 3.05) is 0 Å². The van der Waals surface area contributed by atoms with Crippen molar-refractivity contribution in [1.29, 1.82) is 0 Å². The number of benzene rings is 9. The van der Waals surface area contributed by atoms with E-state index in [4.69, 9.17) is 15.0 Å². The fourth-order valence-corrected chi connectivity index (χ4v) is 8.98. The molecule has 0 atom stereocenters. The maximum absolute atomic E-state index is 5.20. The molecule has 0 spiro atoms. The third kappa shape index (κ3) is 5.52. The zero-order valence-corrected chi connectivity index (χ0v) is 32.4. The first kappa shape index (κ1) is 33.9. The van der Waals surface area contributed by atoms with Gasteiger partial charge in [-0.1, -0.05) is 164 Å². The highest BCUT2D eigenvalue weighted by Gasteiger charge is 2.21. The standard InChI is InChI=1S/C55H35N5/c1-4-17-36(18-5-1)39-24-16-25-41(31-39)59-49-29-14-12-27-44(49)46-34-47-45-28-13-15-30-50(45)60(52(47)35-51(46)59)42-32-40-23-10-11-26-43(40)48(33-42)55-57-53(37-19-6-2-7-20-37)56-54(58-55)38-21-8-3-9-22-38/h1-35H. The molecule has 5 heteroatoms. The second-order valence-electron chi connectivity index (χ2n) is 15.3. The molecule has 0 bridgehead atoms. The van der Waals surface area contributed by atoms with Gasteiger partial charge in [0.05, 0.1) is 22.1 Å². The fraction of sp³-hybridized carbons (Fsp3) is 0. The molecule has 60 heavy (non-hydrogen) atoms. The van der Waals surface area contributed by atoms with Crippen molar-refractivity contribution >= 4 is 54.4 Å². The fourth-order valence-electron chi connectivity index (χ4n) is 8.98. The summed E-state index contributed by atoms with van der Waals surface area (Å²) in [6, 6.07) is 75.2. The van der Waals surface area contributed by atoms with E-state index in [9.17, 15) is 0 Å². The summed E-state index contributed by atoms with van der Waals surface area (Å²) in [6.45, 7) is 0. The molecule has 0 saturated carbocycles. The van der Waals surface area contributed by atoms with E-state index in [-0.39, 0.29) is 0 Å². The summed E-state index contributed by atoms with van der Waals surface area (Å²) >= 11 is 0. The Hall–Kier alpha value is -8.15. The minimum absolute atomic E-state index is 0.627. The minimum Gasteiger partial charge on any atom is -0.309 e. The van der Waals surface area contributed by atoms with E-state index in [1.165, 1.54) is 38.2 Å². The number of hydrogen-bond donors (Lipinski definition) is 0. The second kappa shape index (κ2) is 13.8. The molecular formula is C55H35N5. The van der Waals surface area contributed by atoms with Crippen LogP contribution in [0.3, 0.4) is 0 Å². The van der Waals surface area contributed by atoms with E-state index in [2.05, 4.69) is 185 Å². The lowest BCUT2D eigenvalue weighted by Crippen LogP contribution is -2.02. The Bertz CT molecular complexity index is 3530. The number of nitrogens with zero attached hydrogens (tertiary/aromatic N) is 5. The highest BCUT2D eigenvalue weighted by Crippen LogP contribution is 2.41. The second-order valence-corrected chi connectivity index (χ2v) is 15.3. The van der Waals surface area contributed by atoms with Gasteiger partial charge in [-0.2, -0.15) is 0 Å². The van der Waals surface area contributed by atoms with Gasteiger partial charge < -0.3 is 9.13 Å². The average Bonchev–Trinajstić information content (AvgIpc) is 3.83. The highest BCUT2D eigenvalue weighted by atomic mass is 15.0. The van der Waals surface area contributed by atoms with Gasteiger partial charge in [-0.05, 0) is 70.4 Å². The highest BCUT2D eigenvalue weighted by molar-refractivity contribution is 6.19. The largest absolute Gasteiger partial charge is 0.309 e. The van der Waals surface area contributed by atoms with Gasteiger partial charge in [-0.3, -0.25) is 0 Å². The number of fused-ring (bicyclic) bond motifs is 7. The molecule has 3 aromatic heterocycles. The van der Waals surface area contributed by atoms with E-state index in [1.54, 1.807) is 0 Å². The number of rotatable bonds is 6. The smallest absolute Gasteiger partial charge is 0.164 e. The van der Waals surface area contributed by atoms with Crippen LogP contribution in [0, 0.1) is 0 Å². The molecule has 0 aliphatic heterocycles. The van der Waals surface area contributed by atoms with Gasteiger partial charge in [-0.15, -0.1) is 0 Å². The van der Waals surface area contributed by atoms with Gasteiger partial charge in [0.15, 0.2) is 17.5 Å². The molecule has 0 radical (unpaired) electrons. The average molecular weight is 766 g/mol. The first-order valence-electron chi connectivity index (χ1n) is 20.3. The third-order valence-corrected chi connectivity index (χ3v) is 11.7. The van der Waals surface area contributed by atoms with Gasteiger partial charge in [0, 0.05) is 49.6 Å². The maximum Gasteiger partial charge on any atom is 0.164 e. The third-order valence-electron chi connectivity index (χ3n) is 11.7. The minimum atomic E-state index is 0.627. The van der Waals surface area contributed by atoms with Crippen LogP contribution in [0.2, 0.25) is 0 Å². The quantitative estimate of drug-likeness (QED) is 0.169. The van der Waals surface area contributed by atoms with Gasteiger partial charge in [-0.25, -0.2) is 15.0 Å². The van der Waals surface area contributed by atoms with Gasteiger partial charge in [0.1, 0.15) is 0 Å². The predicted molar refractivity (Wildman–Crippen MR) is 248 cm³/mol. The lowest BCUT2D eigenvalue weighted by Gasteiger charge is -2.15.